The molecule has 0 unspecified atom stereocenters. The van der Waals surface area contributed by atoms with Crippen LogP contribution in [-0.4, -0.2) is 14.1 Å². The van der Waals surface area contributed by atoms with Crippen LogP contribution in [0.5, 0.6) is 0 Å². The highest BCUT2D eigenvalue weighted by Gasteiger charge is 2.36. The fourth-order valence-electron chi connectivity index (χ4n) is 18.4. The summed E-state index contributed by atoms with van der Waals surface area (Å²) in [4.78, 5) is 12.4. The molecule has 2 aromatic heterocycles. The van der Waals surface area contributed by atoms with Gasteiger partial charge in [0.15, 0.2) is 23.3 Å². The van der Waals surface area contributed by atoms with Crippen LogP contribution >= 0.6 is 0 Å². The molecule has 0 radical (unpaired) electrons. The van der Waals surface area contributed by atoms with Gasteiger partial charge in [0.05, 0.1) is 57.8 Å². The number of aromatic nitrogens is 3. The van der Waals surface area contributed by atoms with Crippen LogP contribution in [0, 0.1) is 59.1 Å². The van der Waals surface area contributed by atoms with Crippen LogP contribution < -0.4 is 15.3 Å². The van der Waals surface area contributed by atoms with Crippen molar-refractivity contribution < 1.29 is 19.0 Å². The zero-order chi connectivity index (χ0) is 87.3. The molecule has 606 valence electrons. The SMILES string of the molecule is CC1(C)c2ccccc2-c2ccc(N(c3ccc(-c4ccccc4)cc3)c3ccc(-c4ccc5c(c4)c4ccccc4n5-c4ccccc4)cc3)cc21.[3HH].[C-]#[N+]C(C#N)=c1c(F)c(F)c(=C(C#N)[N+]#[C-])c(F)c1F.c1ccc(-n2c(-c3ccc(-c4ccc5c(-c6ccc7ccccc7c6)c6ccccc6c(-c6ccc7ccccc7c6)c5c4)cc3)nc3ccccc32)cc1. The summed E-state index contributed by atoms with van der Waals surface area (Å²) in [7, 11) is 0. The first-order valence-corrected chi connectivity index (χ1v) is 41.9. The third-order valence-corrected chi connectivity index (χ3v) is 24.5. The van der Waals surface area contributed by atoms with Gasteiger partial charge in [0.1, 0.15) is 5.82 Å². The first kappa shape index (κ1) is 79.2. The number of nitriles is 2. The summed E-state index contributed by atoms with van der Waals surface area (Å²) in [6.07, 6.45) is 0. The third kappa shape index (κ3) is 14.0. The molecule has 8 nitrogen and oxygen atoms in total. The monoisotopic (exact) mass is 1660 g/mol. The summed E-state index contributed by atoms with van der Waals surface area (Å²) < 4.78 is 59.2. The molecule has 0 saturated carbocycles. The first-order chi connectivity index (χ1) is 62.7. The number of anilines is 3. The summed E-state index contributed by atoms with van der Waals surface area (Å²) in [6.45, 7) is 17.7. The Morgan fingerprint density at radius 3 is 1.27 bits per heavy atom. The maximum Gasteiger partial charge on any atom is 0.275 e. The van der Waals surface area contributed by atoms with Gasteiger partial charge in [0.25, 0.3) is 11.4 Å². The molecule has 0 fully saturated rings. The van der Waals surface area contributed by atoms with E-state index >= 15 is 0 Å². The summed E-state index contributed by atoms with van der Waals surface area (Å²) >= 11 is 0. The van der Waals surface area contributed by atoms with Crippen molar-refractivity contribution >= 4 is 104 Å². The molecule has 21 aromatic rings. The average molecular weight is 1660 g/mol. The molecule has 19 aromatic carbocycles. The Morgan fingerprint density at radius 1 is 0.320 bits per heavy atom. The molecule has 0 amide bonds. The highest BCUT2D eigenvalue weighted by Crippen LogP contribution is 2.52. The minimum absolute atomic E-state index is 0. The number of hydrogen-bond donors (Lipinski definition) is 0. The minimum Gasteiger partial charge on any atom is -0.310 e. The lowest BCUT2D eigenvalue weighted by atomic mass is 9.82. The van der Waals surface area contributed by atoms with E-state index in [1.807, 2.05) is 0 Å². The van der Waals surface area contributed by atoms with Crippen molar-refractivity contribution in [2.75, 3.05) is 4.90 Å². The van der Waals surface area contributed by atoms with E-state index in [0.29, 0.717) is 0 Å². The largest absolute Gasteiger partial charge is 0.310 e. The van der Waals surface area contributed by atoms with E-state index in [4.69, 9.17) is 28.7 Å². The topological polar surface area (TPSA) is 82.3 Å². The zero-order valence-electron chi connectivity index (χ0n) is 69.2. The Morgan fingerprint density at radius 2 is 0.711 bits per heavy atom. The normalized spacial score (nSPS) is 11.7. The highest BCUT2D eigenvalue weighted by atomic mass is 19.2. The molecule has 0 N–H and O–H groups in total. The minimum atomic E-state index is -2.01. The standard InChI is InChI=1S/C53H34N2.C51H38N2.C12F4N4.H2/c1-2-16-44(17-3-1)55-50-21-11-10-20-49(50)54-53(55)38-26-22-37(23-27-38)41-30-31-47-48(34-41)52(43-29-25-36-13-5-7-15-40(36)33-43)46-19-9-8-18-45(46)51(47)42-28-24-35-12-4-6-14-39(35)32-42;1-51(2)47-19-11-9-17-43(47)44-31-30-42(34-48(44)51)52(40-26-21-36(22-27-40)35-13-5-3-6-14-35)41-28-23-37(24-29-41)38-25-32-50-46(33-38)45-18-10-12-20-49(45)53(50)39-15-7-4-8-16-39;1-19-5(3-17)7-9(13)11(15)8(6(4-18)20-2)12(16)10(7)14;/h1-34H;3-34H,1-2H3;;1H/i;;;1+2. The predicted octanol–water partition coefficient (Wildman–Crippen LogP) is 29.8. The second-order valence-corrected chi connectivity index (χ2v) is 32.1. The molecule has 12 heteroatoms. The number of halogens is 4. The number of benzene rings is 19. The molecule has 22 rings (SSSR count). The Bertz CT molecular complexity index is 8230. The Labute approximate surface area is 737 Å². The third-order valence-electron chi connectivity index (χ3n) is 24.5. The number of fused-ring (bicyclic) bond motifs is 11. The van der Waals surface area contributed by atoms with Crippen molar-refractivity contribution in [3.63, 3.8) is 0 Å². The van der Waals surface area contributed by atoms with Crippen LogP contribution in [0.1, 0.15) is 26.4 Å². The van der Waals surface area contributed by atoms with Crippen LogP contribution in [0.3, 0.4) is 0 Å². The van der Waals surface area contributed by atoms with E-state index in [0.717, 1.165) is 62.9 Å². The van der Waals surface area contributed by atoms with E-state index in [1.54, 1.807) is 0 Å². The van der Waals surface area contributed by atoms with Gasteiger partial charge in [0, 0.05) is 51.6 Å². The molecule has 0 bridgehead atoms. The fourth-order valence-corrected chi connectivity index (χ4v) is 18.4. The van der Waals surface area contributed by atoms with Crippen LogP contribution in [0.15, 0.2) is 400 Å². The fraction of sp³-hybridized carbons (Fsp3) is 0.0259. The number of hydrogen-bond acceptors (Lipinski definition) is 4. The Hall–Kier alpha value is -17.3. The molecular formula is C116H74F4N8. The van der Waals surface area contributed by atoms with Crippen molar-refractivity contribution in [3.8, 4) is 102 Å². The molecule has 0 aliphatic heterocycles. The lowest BCUT2D eigenvalue weighted by Gasteiger charge is -2.28. The summed E-state index contributed by atoms with van der Waals surface area (Å²) in [5, 5.41) is 26.5. The van der Waals surface area contributed by atoms with Crippen LogP contribution in [-0.2, 0) is 5.41 Å². The maximum atomic E-state index is 13.6. The molecule has 0 saturated heterocycles. The van der Waals surface area contributed by atoms with Crippen LogP contribution in [0.4, 0.5) is 34.6 Å². The smallest absolute Gasteiger partial charge is 0.275 e. The first-order valence-electron chi connectivity index (χ1n) is 41.9. The van der Waals surface area contributed by atoms with Crippen LogP contribution in [0.2, 0.25) is 0 Å². The van der Waals surface area contributed by atoms with Gasteiger partial charge in [-0.3, -0.25) is 4.57 Å². The van der Waals surface area contributed by atoms with E-state index < -0.39 is 45.1 Å². The number of rotatable bonds is 11. The zero-order valence-corrected chi connectivity index (χ0v) is 69.2. The summed E-state index contributed by atoms with van der Waals surface area (Å²) in [5.74, 6) is -7.11. The quantitative estimate of drug-likeness (QED) is 0.0559. The molecule has 128 heavy (non-hydrogen) atoms. The van der Waals surface area contributed by atoms with Gasteiger partial charge in [-0.2, -0.15) is 0 Å². The van der Waals surface area contributed by atoms with E-state index in [-0.39, 0.29) is 6.84 Å². The van der Waals surface area contributed by atoms with E-state index in [9.17, 15) is 17.6 Å². The van der Waals surface area contributed by atoms with Crippen LogP contribution in [0.25, 0.3) is 187 Å². The Kier molecular flexibility index (Phi) is 20.5. The van der Waals surface area contributed by atoms with Gasteiger partial charge in [-0.05, 0) is 230 Å². The van der Waals surface area contributed by atoms with Crippen molar-refractivity contribution in [1.82, 2.24) is 14.1 Å². The van der Waals surface area contributed by atoms with Crippen molar-refractivity contribution in [3.05, 3.63) is 468 Å². The number of para-hydroxylation sites is 5. The van der Waals surface area contributed by atoms with Gasteiger partial charge in [-0.25, -0.2) is 42.8 Å². The van der Waals surface area contributed by atoms with Gasteiger partial charge in [0.2, 0.25) is 0 Å². The second-order valence-electron chi connectivity index (χ2n) is 32.1. The maximum absolute atomic E-state index is 13.6. The summed E-state index contributed by atoms with van der Waals surface area (Å²) in [5.41, 5.74) is 26.3. The lowest BCUT2D eigenvalue weighted by molar-refractivity contribution is 0.434. The van der Waals surface area contributed by atoms with Crippen molar-refractivity contribution in [2.45, 2.75) is 19.3 Å². The van der Waals surface area contributed by atoms with E-state index in [2.05, 4.69) is 438 Å². The van der Waals surface area contributed by atoms with Gasteiger partial charge in [-0.15, -0.1) is 0 Å². The van der Waals surface area contributed by atoms with Gasteiger partial charge < -0.3 is 9.47 Å². The van der Waals surface area contributed by atoms with Crippen molar-refractivity contribution in [1.29, 1.82) is 10.5 Å². The number of nitrogens with zero attached hydrogens (tertiary/aromatic N) is 8. The molecular weight excluding hydrogens is 1580 g/mol. The molecule has 2 heterocycles. The van der Waals surface area contributed by atoms with E-state index in [1.165, 1.54) is 143 Å². The molecule has 1 aliphatic rings. The van der Waals surface area contributed by atoms with Crippen molar-refractivity contribution in [2.24, 2.45) is 0 Å². The number of imidazole rings is 1. The highest BCUT2D eigenvalue weighted by molar-refractivity contribution is 6.23. The summed E-state index contributed by atoms with van der Waals surface area (Å²) in [6, 6.07) is 148. The Balaban J connectivity index is 0.000000138. The molecule has 0 spiro atoms. The lowest BCUT2D eigenvalue weighted by Crippen LogP contribution is -2.30. The van der Waals surface area contributed by atoms with Gasteiger partial charge in [-0.1, -0.05) is 305 Å². The predicted molar refractivity (Wildman–Crippen MR) is 516 cm³/mol. The van der Waals surface area contributed by atoms with Gasteiger partial charge >= 0.3 is 0 Å². The molecule has 1 aliphatic carbocycles. The average Bonchev–Trinajstić information content (AvgIpc) is 1.33. The molecule has 0 atom stereocenters. The second kappa shape index (κ2) is 33.2.